The van der Waals surface area contributed by atoms with Gasteiger partial charge in [-0.25, -0.2) is 0 Å². The molecular formula is C21H13BrO5S. The van der Waals surface area contributed by atoms with Gasteiger partial charge >= 0.3 is 10.1 Å². The fourth-order valence-electron chi connectivity index (χ4n) is 2.80. The number of hydrogen-bond acceptors (Lipinski definition) is 5. The highest BCUT2D eigenvalue weighted by molar-refractivity contribution is 9.10. The zero-order valence-electron chi connectivity index (χ0n) is 14.3. The molecule has 0 fully saturated rings. The summed E-state index contributed by atoms with van der Waals surface area (Å²) >= 11 is 3.21. The highest BCUT2D eigenvalue weighted by Gasteiger charge is 2.20. The molecule has 4 rings (SSSR count). The van der Waals surface area contributed by atoms with E-state index >= 15 is 0 Å². The maximum atomic E-state index is 12.8. The van der Waals surface area contributed by atoms with Crippen molar-refractivity contribution in [2.24, 2.45) is 0 Å². The Balaban J connectivity index is 1.73. The first-order valence-corrected chi connectivity index (χ1v) is 10.5. The molecule has 0 aliphatic rings. The molecule has 28 heavy (non-hydrogen) atoms. The highest BCUT2D eigenvalue weighted by Crippen LogP contribution is 2.27. The van der Waals surface area contributed by atoms with Crippen molar-refractivity contribution in [3.63, 3.8) is 0 Å². The molecule has 0 spiro atoms. The highest BCUT2D eigenvalue weighted by atomic mass is 79.9. The molecule has 0 N–H and O–H groups in total. The average Bonchev–Trinajstić information content (AvgIpc) is 2.69. The van der Waals surface area contributed by atoms with Crippen LogP contribution in [-0.4, -0.2) is 8.42 Å². The van der Waals surface area contributed by atoms with Crippen molar-refractivity contribution < 1.29 is 17.0 Å². The van der Waals surface area contributed by atoms with Crippen LogP contribution in [0.15, 0.2) is 97.6 Å². The summed E-state index contributed by atoms with van der Waals surface area (Å²) in [4.78, 5) is 12.8. The molecule has 4 aromatic rings. The second kappa shape index (κ2) is 7.26. The van der Waals surface area contributed by atoms with Crippen molar-refractivity contribution in [1.29, 1.82) is 0 Å². The molecule has 0 bridgehead atoms. The summed E-state index contributed by atoms with van der Waals surface area (Å²) in [6, 6.07) is 19.9. The summed E-state index contributed by atoms with van der Waals surface area (Å²) in [5.74, 6) is 0.0545. The van der Waals surface area contributed by atoms with Crippen molar-refractivity contribution in [3.8, 4) is 16.9 Å². The largest absolute Gasteiger partial charge is 0.463 e. The van der Waals surface area contributed by atoms with Gasteiger partial charge in [-0.2, -0.15) is 8.42 Å². The molecule has 140 valence electrons. The Labute approximate surface area is 169 Å². The molecule has 0 saturated carbocycles. The summed E-state index contributed by atoms with van der Waals surface area (Å²) in [5, 5.41) is 0.340. The standard InChI is InChI=1S/C21H13BrO5S/c22-18-8-4-5-9-20(18)28(24,25)27-15-10-11-16-19(12-15)26-13-17(21(16)23)14-6-2-1-3-7-14/h1-13H. The minimum absolute atomic E-state index is 0.0102. The van der Waals surface area contributed by atoms with Crippen LogP contribution in [0, 0.1) is 0 Å². The number of halogens is 1. The van der Waals surface area contributed by atoms with Crippen LogP contribution in [0.5, 0.6) is 5.75 Å². The van der Waals surface area contributed by atoms with Crippen molar-refractivity contribution in [3.05, 3.63) is 93.8 Å². The molecule has 0 radical (unpaired) electrons. The Hall–Kier alpha value is -2.90. The predicted molar refractivity (Wildman–Crippen MR) is 110 cm³/mol. The maximum absolute atomic E-state index is 12.8. The van der Waals surface area contributed by atoms with Crippen LogP contribution in [0.1, 0.15) is 0 Å². The second-order valence-corrected chi connectivity index (χ2v) is 8.34. The van der Waals surface area contributed by atoms with Gasteiger partial charge in [0.25, 0.3) is 0 Å². The SMILES string of the molecule is O=c1c(-c2ccccc2)coc2cc(OS(=O)(=O)c3ccccc3Br)ccc12. The van der Waals surface area contributed by atoms with E-state index in [0.717, 1.165) is 5.56 Å². The first-order chi connectivity index (χ1) is 13.5. The molecule has 0 amide bonds. The molecule has 3 aromatic carbocycles. The number of hydrogen-bond donors (Lipinski definition) is 0. The summed E-state index contributed by atoms with van der Waals surface area (Å²) < 4.78 is 36.2. The minimum Gasteiger partial charge on any atom is -0.463 e. The van der Waals surface area contributed by atoms with E-state index in [-0.39, 0.29) is 21.7 Å². The normalized spacial score (nSPS) is 11.5. The number of benzene rings is 3. The molecule has 1 heterocycles. The summed E-state index contributed by atoms with van der Waals surface area (Å²) in [5.41, 5.74) is 1.22. The van der Waals surface area contributed by atoms with Gasteiger partial charge in [0.1, 0.15) is 22.5 Å². The first kappa shape index (κ1) is 18.5. The zero-order valence-corrected chi connectivity index (χ0v) is 16.7. The minimum atomic E-state index is -4.04. The quantitative estimate of drug-likeness (QED) is 0.404. The lowest BCUT2D eigenvalue weighted by Gasteiger charge is -2.09. The van der Waals surface area contributed by atoms with Crippen LogP contribution in [0.25, 0.3) is 22.1 Å². The molecule has 0 saturated heterocycles. The topological polar surface area (TPSA) is 73.6 Å². The monoisotopic (exact) mass is 456 g/mol. The Morgan fingerprint density at radius 2 is 1.61 bits per heavy atom. The first-order valence-electron chi connectivity index (χ1n) is 8.26. The lowest BCUT2D eigenvalue weighted by Crippen LogP contribution is -2.11. The Morgan fingerprint density at radius 1 is 0.893 bits per heavy atom. The van der Waals surface area contributed by atoms with Gasteiger partial charge < -0.3 is 8.60 Å². The predicted octanol–water partition coefficient (Wildman–Crippen LogP) is 4.99. The van der Waals surface area contributed by atoms with E-state index in [4.69, 9.17) is 8.60 Å². The van der Waals surface area contributed by atoms with Crippen LogP contribution in [-0.2, 0) is 10.1 Å². The third-order valence-corrected chi connectivity index (χ3v) is 6.40. The van der Waals surface area contributed by atoms with Crippen molar-refractivity contribution in [1.82, 2.24) is 0 Å². The molecular weight excluding hydrogens is 444 g/mol. The number of fused-ring (bicyclic) bond motifs is 1. The van der Waals surface area contributed by atoms with Gasteiger partial charge in [-0.3, -0.25) is 4.79 Å². The Bertz CT molecular complexity index is 1330. The molecule has 0 aliphatic carbocycles. The van der Waals surface area contributed by atoms with E-state index in [9.17, 15) is 13.2 Å². The fourth-order valence-corrected chi connectivity index (χ4v) is 4.67. The van der Waals surface area contributed by atoms with Crippen molar-refractivity contribution in [2.45, 2.75) is 4.90 Å². The Morgan fingerprint density at radius 3 is 2.36 bits per heavy atom. The van der Waals surface area contributed by atoms with Gasteiger partial charge in [0, 0.05) is 10.5 Å². The van der Waals surface area contributed by atoms with Crippen LogP contribution in [0.2, 0.25) is 0 Å². The van der Waals surface area contributed by atoms with E-state index in [1.165, 1.54) is 30.5 Å². The van der Waals surface area contributed by atoms with E-state index in [0.29, 0.717) is 15.4 Å². The molecule has 1 aromatic heterocycles. The molecule has 0 aliphatic heterocycles. The second-order valence-electron chi connectivity index (χ2n) is 5.97. The van der Waals surface area contributed by atoms with Gasteiger partial charge in [0.05, 0.1) is 10.9 Å². The van der Waals surface area contributed by atoms with Gasteiger partial charge in [-0.1, -0.05) is 42.5 Å². The molecule has 7 heteroatoms. The van der Waals surface area contributed by atoms with Crippen molar-refractivity contribution in [2.75, 3.05) is 0 Å². The zero-order chi connectivity index (χ0) is 19.7. The van der Waals surface area contributed by atoms with Crippen LogP contribution < -0.4 is 9.61 Å². The Kier molecular flexibility index (Phi) is 4.78. The van der Waals surface area contributed by atoms with Gasteiger partial charge in [-0.05, 0) is 45.8 Å². The summed E-state index contributed by atoms with van der Waals surface area (Å²) in [6.45, 7) is 0. The van der Waals surface area contributed by atoms with E-state index < -0.39 is 10.1 Å². The maximum Gasteiger partial charge on any atom is 0.340 e. The summed E-state index contributed by atoms with van der Waals surface area (Å²) in [6.07, 6.45) is 1.37. The van der Waals surface area contributed by atoms with E-state index in [1.54, 1.807) is 18.2 Å². The van der Waals surface area contributed by atoms with Gasteiger partial charge in [0.2, 0.25) is 0 Å². The van der Waals surface area contributed by atoms with Crippen molar-refractivity contribution >= 4 is 37.0 Å². The third kappa shape index (κ3) is 3.46. The fraction of sp³-hybridized carbons (Fsp3) is 0. The molecule has 0 unspecified atom stereocenters. The third-order valence-electron chi connectivity index (χ3n) is 4.14. The van der Waals surface area contributed by atoms with E-state index in [1.807, 2.05) is 30.3 Å². The van der Waals surface area contributed by atoms with Gasteiger partial charge in [-0.15, -0.1) is 0 Å². The lowest BCUT2D eigenvalue weighted by molar-refractivity contribution is 0.485. The molecule has 5 nitrogen and oxygen atoms in total. The van der Waals surface area contributed by atoms with Gasteiger partial charge in [0.15, 0.2) is 5.43 Å². The van der Waals surface area contributed by atoms with E-state index in [2.05, 4.69) is 15.9 Å². The average molecular weight is 457 g/mol. The number of rotatable bonds is 4. The molecule has 0 atom stereocenters. The van der Waals surface area contributed by atoms with Crippen LogP contribution in [0.4, 0.5) is 0 Å². The van der Waals surface area contributed by atoms with Crippen LogP contribution in [0.3, 0.4) is 0 Å². The van der Waals surface area contributed by atoms with Crippen LogP contribution >= 0.6 is 15.9 Å². The summed E-state index contributed by atoms with van der Waals surface area (Å²) in [7, 11) is -4.04. The smallest absolute Gasteiger partial charge is 0.340 e. The lowest BCUT2D eigenvalue weighted by atomic mass is 10.1.